The van der Waals surface area contributed by atoms with Crippen LogP contribution in [0.15, 0.2) is 36.5 Å². The van der Waals surface area contributed by atoms with Crippen molar-refractivity contribution in [3.05, 3.63) is 52.0 Å². The van der Waals surface area contributed by atoms with Gasteiger partial charge in [0, 0.05) is 7.11 Å². The van der Waals surface area contributed by atoms with E-state index in [0.29, 0.717) is 17.9 Å². The smallest absolute Gasteiger partial charge is 0.263 e. The average Bonchev–Trinajstić information content (AvgIpc) is 3.42. The Morgan fingerprint density at radius 2 is 1.88 bits per heavy atom. The summed E-state index contributed by atoms with van der Waals surface area (Å²) in [6.45, 7) is 3.31. The van der Waals surface area contributed by atoms with E-state index in [0.717, 1.165) is 10.6 Å². The molecule has 0 radical (unpaired) electrons. The van der Waals surface area contributed by atoms with E-state index >= 15 is 0 Å². The predicted molar refractivity (Wildman–Crippen MR) is 124 cm³/mol. The lowest BCUT2D eigenvalue weighted by Gasteiger charge is -2.21. The maximum Gasteiger partial charge on any atom is 0.263 e. The number of nitrogens with zero attached hydrogens (tertiary/aromatic N) is 1. The van der Waals surface area contributed by atoms with Gasteiger partial charge in [-0.05, 0) is 25.8 Å². The highest BCUT2D eigenvalue weighted by Gasteiger charge is 2.50. The predicted octanol–water partition coefficient (Wildman–Crippen LogP) is 0.398. The van der Waals surface area contributed by atoms with E-state index in [-0.39, 0.29) is 18.9 Å². The number of Topliss-reactive ketones (excluding diaryl/α,β-unsaturated/α-hetero) is 1. The van der Waals surface area contributed by atoms with Gasteiger partial charge in [-0.2, -0.15) is 0 Å². The Labute approximate surface area is 201 Å². The first kappa shape index (κ1) is 25.5. The van der Waals surface area contributed by atoms with Gasteiger partial charge in [-0.3, -0.25) is 19.2 Å². The maximum absolute atomic E-state index is 12.9. The molecule has 1 aromatic carbocycles. The zero-order valence-electron chi connectivity index (χ0n) is 19.3. The van der Waals surface area contributed by atoms with Gasteiger partial charge in [0.2, 0.25) is 11.8 Å². The molecule has 3 atom stereocenters. The van der Waals surface area contributed by atoms with Crippen LogP contribution in [0.1, 0.15) is 27.2 Å². The van der Waals surface area contributed by atoms with Gasteiger partial charge in [0.1, 0.15) is 16.5 Å². The molecule has 10 nitrogen and oxygen atoms in total. The van der Waals surface area contributed by atoms with Crippen molar-refractivity contribution in [3.8, 4) is 0 Å². The van der Waals surface area contributed by atoms with Crippen LogP contribution in [0.5, 0.6) is 0 Å². The number of aryl methyl sites for hydroxylation is 1. The number of aromatic nitrogens is 1. The number of carbonyl (C=O) groups is 4. The standard InChI is InChI=1S/C23H28N4O6S/c1-14-24-10-18(34-14)22(31)27-17(12-32-3)21(30)25-11-19(28)26-16(20(29)23(2)13-33-23)9-15-7-5-4-6-8-15/h4-8,10,16-17H,9,11-13H2,1-3H3,(H,25,30)(H,26,28)(H,27,31)/t16?,17-,23+/m0/s1. The first-order chi connectivity index (χ1) is 16.2. The first-order valence-electron chi connectivity index (χ1n) is 10.7. The third-order valence-electron chi connectivity index (χ3n) is 5.26. The van der Waals surface area contributed by atoms with Crippen LogP contribution in [-0.4, -0.2) is 73.0 Å². The minimum absolute atomic E-state index is 0.0816. The van der Waals surface area contributed by atoms with Gasteiger partial charge in [-0.1, -0.05) is 30.3 Å². The molecule has 0 spiro atoms. The van der Waals surface area contributed by atoms with E-state index in [2.05, 4.69) is 20.9 Å². The SMILES string of the molecule is COC[C@H](NC(=O)c1cnc(C)s1)C(=O)NCC(=O)NC(Cc1ccccc1)C(=O)[C@@]1(C)CO1. The van der Waals surface area contributed by atoms with Crippen LogP contribution >= 0.6 is 11.3 Å². The van der Waals surface area contributed by atoms with Crippen molar-refractivity contribution in [1.82, 2.24) is 20.9 Å². The summed E-state index contributed by atoms with van der Waals surface area (Å²) in [6, 6.07) is 7.50. The fraction of sp³-hybridized carbons (Fsp3) is 0.435. The molecule has 1 aromatic heterocycles. The van der Waals surface area contributed by atoms with Gasteiger partial charge in [0.15, 0.2) is 5.78 Å². The number of nitrogens with one attached hydrogen (secondary N) is 3. The monoisotopic (exact) mass is 488 g/mol. The average molecular weight is 489 g/mol. The van der Waals surface area contributed by atoms with E-state index in [4.69, 9.17) is 9.47 Å². The zero-order valence-corrected chi connectivity index (χ0v) is 20.1. The topological polar surface area (TPSA) is 139 Å². The van der Waals surface area contributed by atoms with Crippen molar-refractivity contribution in [1.29, 1.82) is 0 Å². The number of amides is 3. The van der Waals surface area contributed by atoms with Crippen molar-refractivity contribution in [2.24, 2.45) is 0 Å². The summed E-state index contributed by atoms with van der Waals surface area (Å²) >= 11 is 1.20. The summed E-state index contributed by atoms with van der Waals surface area (Å²) in [5.74, 6) is -1.80. The van der Waals surface area contributed by atoms with Crippen molar-refractivity contribution in [2.75, 3.05) is 26.9 Å². The number of carbonyl (C=O) groups excluding carboxylic acids is 4. The van der Waals surface area contributed by atoms with E-state index in [9.17, 15) is 19.2 Å². The molecule has 1 saturated heterocycles. The Morgan fingerprint density at radius 1 is 1.18 bits per heavy atom. The molecule has 0 aliphatic carbocycles. The molecule has 3 amide bonds. The number of methoxy groups -OCH3 is 1. The van der Waals surface area contributed by atoms with Crippen molar-refractivity contribution >= 4 is 34.8 Å². The summed E-state index contributed by atoms with van der Waals surface area (Å²) in [5.41, 5.74) is -0.0191. The normalized spacial score (nSPS) is 18.4. The number of hydrogen-bond acceptors (Lipinski definition) is 8. The van der Waals surface area contributed by atoms with Crippen LogP contribution < -0.4 is 16.0 Å². The van der Waals surface area contributed by atoms with Crippen LogP contribution in [0, 0.1) is 6.92 Å². The fourth-order valence-corrected chi connectivity index (χ4v) is 3.94. The lowest BCUT2D eigenvalue weighted by molar-refractivity contribution is -0.131. The van der Waals surface area contributed by atoms with Crippen molar-refractivity contribution in [2.45, 2.75) is 38.0 Å². The molecular weight excluding hydrogens is 460 g/mol. The van der Waals surface area contributed by atoms with Gasteiger partial charge >= 0.3 is 0 Å². The van der Waals surface area contributed by atoms with Crippen molar-refractivity contribution < 1.29 is 28.7 Å². The highest BCUT2D eigenvalue weighted by atomic mass is 32.1. The molecule has 1 fully saturated rings. The Hall–Kier alpha value is -3.15. The van der Waals surface area contributed by atoms with Crippen LogP contribution in [0.3, 0.4) is 0 Å². The number of ketones is 1. The van der Waals surface area contributed by atoms with Crippen molar-refractivity contribution in [3.63, 3.8) is 0 Å². The van der Waals surface area contributed by atoms with Crippen LogP contribution in [0.25, 0.3) is 0 Å². The lowest BCUT2D eigenvalue weighted by atomic mass is 9.95. The van der Waals surface area contributed by atoms with Gasteiger partial charge in [0.05, 0.1) is 37.0 Å². The Bertz CT molecular complexity index is 1040. The largest absolute Gasteiger partial charge is 0.382 e. The summed E-state index contributed by atoms with van der Waals surface area (Å²) in [6.07, 6.45) is 1.73. The molecule has 3 N–H and O–H groups in total. The first-order valence-corrected chi connectivity index (χ1v) is 11.5. The third kappa shape index (κ3) is 6.92. The van der Waals surface area contributed by atoms with E-state index in [1.807, 2.05) is 30.3 Å². The third-order valence-corrected chi connectivity index (χ3v) is 6.17. The second-order valence-electron chi connectivity index (χ2n) is 8.14. The zero-order chi connectivity index (χ0) is 24.7. The molecule has 1 aliphatic heterocycles. The van der Waals surface area contributed by atoms with E-state index in [1.54, 1.807) is 13.8 Å². The summed E-state index contributed by atoms with van der Waals surface area (Å²) < 4.78 is 10.3. The number of rotatable bonds is 12. The second-order valence-corrected chi connectivity index (χ2v) is 9.37. The van der Waals surface area contributed by atoms with Gasteiger partial charge in [-0.15, -0.1) is 11.3 Å². The quantitative estimate of drug-likeness (QED) is 0.368. The van der Waals surface area contributed by atoms with Crippen LogP contribution in [0.2, 0.25) is 0 Å². The Balaban J connectivity index is 1.57. The fourth-order valence-electron chi connectivity index (χ4n) is 3.26. The molecule has 1 aliphatic rings. The second kappa shape index (κ2) is 11.3. The van der Waals surface area contributed by atoms with E-state index < -0.39 is 35.4 Å². The molecule has 2 heterocycles. The highest BCUT2D eigenvalue weighted by molar-refractivity contribution is 7.13. The van der Waals surface area contributed by atoms with Gasteiger partial charge < -0.3 is 25.4 Å². The number of thiazole rings is 1. The van der Waals surface area contributed by atoms with Crippen LogP contribution in [0.4, 0.5) is 0 Å². The Morgan fingerprint density at radius 3 is 2.47 bits per heavy atom. The molecule has 3 rings (SSSR count). The van der Waals surface area contributed by atoms with Gasteiger partial charge in [-0.25, -0.2) is 4.98 Å². The number of ether oxygens (including phenoxy) is 2. The van der Waals surface area contributed by atoms with Crippen LogP contribution in [-0.2, 0) is 30.3 Å². The molecule has 182 valence electrons. The van der Waals surface area contributed by atoms with E-state index in [1.165, 1.54) is 24.6 Å². The highest BCUT2D eigenvalue weighted by Crippen LogP contribution is 2.29. The molecule has 1 unspecified atom stereocenters. The molecule has 34 heavy (non-hydrogen) atoms. The number of hydrogen-bond donors (Lipinski definition) is 3. The molecular formula is C23H28N4O6S. The Kier molecular flexibility index (Phi) is 8.48. The number of benzene rings is 1. The molecule has 2 aromatic rings. The maximum atomic E-state index is 12.9. The lowest BCUT2D eigenvalue weighted by Crippen LogP contribution is -2.53. The van der Waals surface area contributed by atoms with Gasteiger partial charge in [0.25, 0.3) is 5.91 Å². The molecule has 0 bridgehead atoms. The summed E-state index contributed by atoms with van der Waals surface area (Å²) in [5, 5.41) is 8.50. The number of epoxide rings is 1. The molecule has 0 saturated carbocycles. The summed E-state index contributed by atoms with van der Waals surface area (Å²) in [4.78, 5) is 54.8. The minimum Gasteiger partial charge on any atom is -0.382 e. The minimum atomic E-state index is -1.01. The summed E-state index contributed by atoms with van der Waals surface area (Å²) in [7, 11) is 1.40. The molecule has 11 heteroatoms.